The first-order chi connectivity index (χ1) is 7.71. The second-order valence-corrected chi connectivity index (χ2v) is 4.72. The van der Waals surface area contributed by atoms with Crippen molar-refractivity contribution >= 4 is 5.97 Å². The lowest BCUT2D eigenvalue weighted by Crippen LogP contribution is -2.42. The Morgan fingerprint density at radius 1 is 1.12 bits per heavy atom. The Balaban J connectivity index is 2.30. The third-order valence-corrected chi connectivity index (χ3v) is 3.58. The van der Waals surface area contributed by atoms with Gasteiger partial charge >= 0.3 is 5.97 Å². The normalized spacial score (nSPS) is 19.6. The van der Waals surface area contributed by atoms with Gasteiger partial charge < -0.3 is 15.5 Å². The van der Waals surface area contributed by atoms with Crippen LogP contribution in [0.1, 0.15) is 44.9 Å². The van der Waals surface area contributed by atoms with Crippen LogP contribution in [0.5, 0.6) is 0 Å². The minimum atomic E-state index is -0.629. The van der Waals surface area contributed by atoms with Crippen LogP contribution in [0.15, 0.2) is 0 Å². The van der Waals surface area contributed by atoms with Crippen molar-refractivity contribution in [1.29, 1.82) is 0 Å². The van der Waals surface area contributed by atoms with Crippen molar-refractivity contribution in [2.24, 2.45) is 5.41 Å². The Kier molecular flexibility index (Phi) is 5.77. The molecule has 0 aromatic heterocycles. The Morgan fingerprint density at radius 2 is 1.75 bits per heavy atom. The highest BCUT2D eigenvalue weighted by Gasteiger charge is 2.38. The molecule has 1 aliphatic rings. The molecule has 0 unspecified atom stereocenters. The lowest BCUT2D eigenvalue weighted by molar-refractivity contribution is -0.151. The summed E-state index contributed by atoms with van der Waals surface area (Å²) in [4.78, 5) is 11.3. The van der Waals surface area contributed by atoms with Crippen LogP contribution in [0.2, 0.25) is 0 Å². The van der Waals surface area contributed by atoms with Gasteiger partial charge in [-0.25, -0.2) is 0 Å². The molecule has 0 atom stereocenters. The first-order valence-corrected chi connectivity index (χ1v) is 6.26. The minimum Gasteiger partial charge on any atom is -0.481 e. The van der Waals surface area contributed by atoms with Gasteiger partial charge in [-0.2, -0.15) is 0 Å². The number of carbonyl (C=O) groups is 1. The fourth-order valence-corrected chi connectivity index (χ4v) is 2.40. The second-order valence-electron chi connectivity index (χ2n) is 4.72. The van der Waals surface area contributed by atoms with Gasteiger partial charge in [-0.1, -0.05) is 19.3 Å². The lowest BCUT2D eigenvalue weighted by Gasteiger charge is -2.33. The summed E-state index contributed by atoms with van der Waals surface area (Å²) in [5, 5.41) is 21.2. The molecular formula is C12H23NO3. The average Bonchev–Trinajstić information content (AvgIpc) is 2.30. The monoisotopic (exact) mass is 229 g/mol. The van der Waals surface area contributed by atoms with E-state index in [1.807, 2.05) is 0 Å². The number of hydrogen-bond donors (Lipinski definition) is 3. The number of aliphatic hydroxyl groups is 1. The molecule has 4 heteroatoms. The number of nitrogens with one attached hydrogen (secondary N) is 1. The Hall–Kier alpha value is -0.610. The summed E-state index contributed by atoms with van der Waals surface area (Å²) in [7, 11) is 0. The first-order valence-electron chi connectivity index (χ1n) is 6.26. The van der Waals surface area contributed by atoms with Gasteiger partial charge in [-0.05, 0) is 38.8 Å². The fourth-order valence-electron chi connectivity index (χ4n) is 2.40. The van der Waals surface area contributed by atoms with Crippen LogP contribution < -0.4 is 5.32 Å². The van der Waals surface area contributed by atoms with Crippen LogP contribution in [0, 0.1) is 5.41 Å². The SMILES string of the molecule is O=C(O)C1(CCCCCCO)CCNCC1. The third-order valence-electron chi connectivity index (χ3n) is 3.58. The van der Waals surface area contributed by atoms with Crippen LogP contribution in [0.3, 0.4) is 0 Å². The number of aliphatic hydroxyl groups excluding tert-OH is 1. The second kappa shape index (κ2) is 6.86. The summed E-state index contributed by atoms with van der Waals surface area (Å²) < 4.78 is 0. The van der Waals surface area contributed by atoms with E-state index in [9.17, 15) is 9.90 Å². The highest BCUT2D eigenvalue weighted by Crippen LogP contribution is 2.34. The molecule has 16 heavy (non-hydrogen) atoms. The summed E-state index contributed by atoms with van der Waals surface area (Å²) in [5.41, 5.74) is -0.482. The predicted octanol–water partition coefficient (Wildman–Crippen LogP) is 1.38. The molecular weight excluding hydrogens is 206 g/mol. The van der Waals surface area contributed by atoms with E-state index in [0.717, 1.165) is 58.0 Å². The van der Waals surface area contributed by atoms with E-state index in [-0.39, 0.29) is 6.61 Å². The Morgan fingerprint density at radius 3 is 2.31 bits per heavy atom. The largest absolute Gasteiger partial charge is 0.481 e. The summed E-state index contributed by atoms with van der Waals surface area (Å²) >= 11 is 0. The molecule has 0 spiro atoms. The zero-order valence-corrected chi connectivity index (χ0v) is 9.87. The quantitative estimate of drug-likeness (QED) is 0.577. The molecule has 0 aromatic carbocycles. The van der Waals surface area contributed by atoms with Gasteiger partial charge in [-0.3, -0.25) is 4.79 Å². The molecule has 0 aromatic rings. The van der Waals surface area contributed by atoms with Crippen molar-refractivity contribution in [1.82, 2.24) is 5.32 Å². The Bertz CT molecular complexity index is 212. The lowest BCUT2D eigenvalue weighted by atomic mass is 9.75. The minimum absolute atomic E-state index is 0.244. The molecule has 94 valence electrons. The van der Waals surface area contributed by atoms with Crippen molar-refractivity contribution in [3.8, 4) is 0 Å². The van der Waals surface area contributed by atoms with E-state index in [2.05, 4.69) is 5.32 Å². The summed E-state index contributed by atoms with van der Waals surface area (Å²) in [5.74, 6) is -0.629. The van der Waals surface area contributed by atoms with Crippen LogP contribution in [-0.2, 0) is 4.79 Å². The van der Waals surface area contributed by atoms with Gasteiger partial charge in [-0.15, -0.1) is 0 Å². The number of hydrogen-bond acceptors (Lipinski definition) is 3. The molecule has 1 heterocycles. The molecule has 0 amide bonds. The van der Waals surface area contributed by atoms with E-state index < -0.39 is 11.4 Å². The molecule has 0 bridgehead atoms. The van der Waals surface area contributed by atoms with Crippen molar-refractivity contribution in [3.05, 3.63) is 0 Å². The number of aliphatic carboxylic acids is 1. The molecule has 1 saturated heterocycles. The van der Waals surface area contributed by atoms with Crippen molar-refractivity contribution in [2.45, 2.75) is 44.9 Å². The van der Waals surface area contributed by atoms with Gasteiger partial charge in [0.25, 0.3) is 0 Å². The zero-order valence-electron chi connectivity index (χ0n) is 9.87. The van der Waals surface area contributed by atoms with Crippen molar-refractivity contribution in [3.63, 3.8) is 0 Å². The molecule has 3 N–H and O–H groups in total. The van der Waals surface area contributed by atoms with Crippen molar-refractivity contribution in [2.75, 3.05) is 19.7 Å². The number of unbranched alkanes of at least 4 members (excludes halogenated alkanes) is 3. The van der Waals surface area contributed by atoms with E-state index >= 15 is 0 Å². The maximum absolute atomic E-state index is 11.3. The van der Waals surface area contributed by atoms with Gasteiger partial charge in [0.15, 0.2) is 0 Å². The highest BCUT2D eigenvalue weighted by molar-refractivity contribution is 5.74. The molecule has 1 fully saturated rings. The van der Waals surface area contributed by atoms with Gasteiger partial charge in [0.05, 0.1) is 5.41 Å². The summed E-state index contributed by atoms with van der Waals surface area (Å²) in [6.07, 6.45) is 6.13. The molecule has 0 radical (unpaired) electrons. The summed E-state index contributed by atoms with van der Waals surface area (Å²) in [6.45, 7) is 1.89. The van der Waals surface area contributed by atoms with E-state index in [0.29, 0.717) is 0 Å². The number of piperidine rings is 1. The highest BCUT2D eigenvalue weighted by atomic mass is 16.4. The number of carboxylic acids is 1. The van der Waals surface area contributed by atoms with Crippen molar-refractivity contribution < 1.29 is 15.0 Å². The Labute approximate surface area is 97.0 Å². The predicted molar refractivity (Wildman–Crippen MR) is 62.3 cm³/mol. The molecule has 1 aliphatic heterocycles. The van der Waals surface area contributed by atoms with Crippen LogP contribution >= 0.6 is 0 Å². The molecule has 0 aliphatic carbocycles. The van der Waals surface area contributed by atoms with Crippen LogP contribution in [0.25, 0.3) is 0 Å². The molecule has 1 rings (SSSR count). The topological polar surface area (TPSA) is 69.6 Å². The zero-order chi connectivity index (χ0) is 11.9. The third kappa shape index (κ3) is 3.76. The molecule has 0 saturated carbocycles. The standard InChI is InChI=1S/C12H23NO3/c14-10-4-2-1-3-5-12(11(15)16)6-8-13-9-7-12/h13-14H,1-10H2,(H,15,16). The van der Waals surface area contributed by atoms with E-state index in [1.165, 1.54) is 0 Å². The van der Waals surface area contributed by atoms with E-state index in [4.69, 9.17) is 5.11 Å². The first kappa shape index (κ1) is 13.5. The van der Waals surface area contributed by atoms with E-state index in [1.54, 1.807) is 0 Å². The maximum Gasteiger partial charge on any atom is 0.309 e. The maximum atomic E-state index is 11.3. The number of rotatable bonds is 7. The smallest absolute Gasteiger partial charge is 0.309 e. The van der Waals surface area contributed by atoms with Gasteiger partial charge in [0.2, 0.25) is 0 Å². The summed E-state index contributed by atoms with van der Waals surface area (Å²) in [6, 6.07) is 0. The fraction of sp³-hybridized carbons (Fsp3) is 0.917. The van der Waals surface area contributed by atoms with Crippen LogP contribution in [-0.4, -0.2) is 35.9 Å². The van der Waals surface area contributed by atoms with Crippen LogP contribution in [0.4, 0.5) is 0 Å². The van der Waals surface area contributed by atoms with Gasteiger partial charge in [0, 0.05) is 6.61 Å². The van der Waals surface area contributed by atoms with Gasteiger partial charge in [0.1, 0.15) is 0 Å². The number of carboxylic acid groups (broad SMARTS) is 1. The average molecular weight is 229 g/mol. The molecule has 4 nitrogen and oxygen atoms in total.